The summed E-state index contributed by atoms with van der Waals surface area (Å²) in [4.78, 5) is 11.6. The second kappa shape index (κ2) is 15.5. The molecule has 2 aliphatic rings. The standard InChI is InChI=1S/C54H38N4O2S2/c59-62(60,45-35-29-42(30-36-45)58-53-25-13-9-21-49(53)56(40-17-5-2-6-18-40)50-22-10-14-26-54(50)58)46-37-33-44(34-38-46)61-43-31-27-41(28-32-43)57-51-23-11-7-19-47(51)55(39-15-3-1-4-16-39)48-20-8-12-24-52(48)57/h1-38H. The Hall–Kier alpha value is -7.52. The number of hydrogen-bond acceptors (Lipinski definition) is 7. The topological polar surface area (TPSA) is 47.1 Å². The highest BCUT2D eigenvalue weighted by Crippen LogP contribution is 2.55. The van der Waals surface area contributed by atoms with Crippen LogP contribution in [0.1, 0.15) is 0 Å². The molecule has 2 heterocycles. The van der Waals surface area contributed by atoms with Gasteiger partial charge < -0.3 is 19.6 Å². The summed E-state index contributed by atoms with van der Waals surface area (Å²) < 4.78 is 28.0. The van der Waals surface area contributed by atoms with E-state index < -0.39 is 9.84 Å². The summed E-state index contributed by atoms with van der Waals surface area (Å²) in [5, 5.41) is 0. The third-order valence-electron chi connectivity index (χ3n) is 11.4. The van der Waals surface area contributed by atoms with E-state index in [0.29, 0.717) is 0 Å². The lowest BCUT2D eigenvalue weighted by atomic mass is 10.0. The quantitative estimate of drug-likeness (QED) is 0.151. The summed E-state index contributed by atoms with van der Waals surface area (Å²) >= 11 is 1.60. The molecular weight excluding hydrogens is 801 g/mol. The van der Waals surface area contributed by atoms with E-state index in [9.17, 15) is 8.42 Å². The van der Waals surface area contributed by atoms with Crippen LogP contribution in [0.15, 0.2) is 250 Å². The summed E-state index contributed by atoms with van der Waals surface area (Å²) in [6.07, 6.45) is 0. The highest BCUT2D eigenvalue weighted by molar-refractivity contribution is 7.99. The van der Waals surface area contributed by atoms with Crippen LogP contribution < -0.4 is 19.6 Å². The first kappa shape index (κ1) is 37.5. The zero-order valence-corrected chi connectivity index (χ0v) is 35.0. The molecule has 9 aromatic rings. The number of fused-ring (bicyclic) bond motifs is 4. The number of rotatable bonds is 8. The number of benzene rings is 9. The smallest absolute Gasteiger partial charge is 0.206 e. The van der Waals surface area contributed by atoms with Gasteiger partial charge in [-0.2, -0.15) is 0 Å². The third-order valence-corrected chi connectivity index (χ3v) is 14.2. The van der Waals surface area contributed by atoms with Crippen molar-refractivity contribution in [2.24, 2.45) is 0 Å². The molecule has 0 aromatic heterocycles. The van der Waals surface area contributed by atoms with Gasteiger partial charge in [0.1, 0.15) is 0 Å². The maximum atomic E-state index is 14.0. The number of sulfone groups is 1. The van der Waals surface area contributed by atoms with Gasteiger partial charge in [0, 0.05) is 32.5 Å². The summed E-state index contributed by atoms with van der Waals surface area (Å²) in [5.74, 6) is 0. The first-order chi connectivity index (χ1) is 30.5. The Morgan fingerprint density at radius 1 is 0.258 bits per heavy atom. The van der Waals surface area contributed by atoms with Gasteiger partial charge in [0.05, 0.1) is 55.3 Å². The molecule has 0 saturated heterocycles. The van der Waals surface area contributed by atoms with Crippen LogP contribution in [-0.2, 0) is 9.84 Å². The van der Waals surface area contributed by atoms with Gasteiger partial charge in [-0.1, -0.05) is 96.7 Å². The molecule has 0 unspecified atom stereocenters. The van der Waals surface area contributed by atoms with E-state index in [4.69, 9.17) is 0 Å². The molecule has 0 saturated carbocycles. The van der Waals surface area contributed by atoms with E-state index >= 15 is 0 Å². The second-order valence-corrected chi connectivity index (χ2v) is 18.1. The zero-order chi connectivity index (χ0) is 41.6. The molecule has 0 fully saturated rings. The van der Waals surface area contributed by atoms with Crippen molar-refractivity contribution in [3.05, 3.63) is 231 Å². The van der Waals surface area contributed by atoms with Gasteiger partial charge in [-0.25, -0.2) is 8.42 Å². The molecule has 9 aromatic carbocycles. The average Bonchev–Trinajstić information content (AvgIpc) is 3.33. The van der Waals surface area contributed by atoms with Gasteiger partial charge in [-0.15, -0.1) is 0 Å². The molecule has 2 aliphatic heterocycles. The van der Waals surface area contributed by atoms with Crippen molar-refractivity contribution in [2.45, 2.75) is 19.6 Å². The molecule has 298 valence electrons. The Kier molecular flexibility index (Phi) is 9.37. The minimum atomic E-state index is -3.78. The summed E-state index contributed by atoms with van der Waals surface area (Å²) in [6, 6.07) is 77.4. The highest BCUT2D eigenvalue weighted by Gasteiger charge is 2.32. The number of nitrogens with zero attached hydrogens (tertiary/aromatic N) is 4. The fourth-order valence-electron chi connectivity index (χ4n) is 8.55. The molecule has 0 amide bonds. The molecule has 0 bridgehead atoms. The Balaban J connectivity index is 0.831. The van der Waals surface area contributed by atoms with Crippen molar-refractivity contribution in [1.82, 2.24) is 0 Å². The number of hydrogen-bond donors (Lipinski definition) is 0. The van der Waals surface area contributed by atoms with Gasteiger partial charge in [-0.3, -0.25) is 0 Å². The van der Waals surface area contributed by atoms with E-state index in [0.717, 1.165) is 78.0 Å². The minimum absolute atomic E-state index is 0.245. The van der Waals surface area contributed by atoms with Crippen molar-refractivity contribution in [2.75, 3.05) is 19.6 Å². The Morgan fingerprint density at radius 3 is 0.790 bits per heavy atom. The minimum Gasteiger partial charge on any atom is -0.306 e. The molecule has 8 heteroatoms. The molecule has 0 aliphatic carbocycles. The van der Waals surface area contributed by atoms with Crippen LogP contribution in [0.5, 0.6) is 0 Å². The first-order valence-corrected chi connectivity index (χ1v) is 22.7. The van der Waals surface area contributed by atoms with E-state index in [-0.39, 0.29) is 9.79 Å². The van der Waals surface area contributed by atoms with Crippen LogP contribution in [0.3, 0.4) is 0 Å². The molecule has 0 spiro atoms. The normalized spacial score (nSPS) is 12.9. The fraction of sp³-hybridized carbons (Fsp3) is 0. The largest absolute Gasteiger partial charge is 0.306 e. The van der Waals surface area contributed by atoms with Gasteiger partial charge >= 0.3 is 0 Å². The van der Waals surface area contributed by atoms with E-state index in [1.807, 2.05) is 72.8 Å². The molecule has 6 nitrogen and oxygen atoms in total. The van der Waals surface area contributed by atoms with Crippen LogP contribution in [0.25, 0.3) is 0 Å². The van der Waals surface area contributed by atoms with Crippen molar-refractivity contribution in [3.8, 4) is 0 Å². The Bertz CT molecular complexity index is 3090. The number of anilines is 12. The van der Waals surface area contributed by atoms with E-state index in [2.05, 4.69) is 153 Å². The van der Waals surface area contributed by atoms with E-state index in [1.54, 1.807) is 36.0 Å². The SMILES string of the molecule is O=S(=O)(c1ccc(Sc2ccc(N3c4ccccc4N(c4ccccc4)c4ccccc43)cc2)cc1)c1ccc(N2c3ccccc3N(c3ccccc3)c3ccccc32)cc1. The lowest BCUT2D eigenvalue weighted by Gasteiger charge is -2.40. The molecule has 0 radical (unpaired) electrons. The summed E-state index contributed by atoms with van der Waals surface area (Å²) in [7, 11) is -3.78. The fourth-order valence-corrected chi connectivity index (χ4v) is 10.6. The van der Waals surface area contributed by atoms with Crippen molar-refractivity contribution < 1.29 is 8.42 Å². The maximum Gasteiger partial charge on any atom is 0.206 e. The van der Waals surface area contributed by atoms with Crippen molar-refractivity contribution >= 4 is 89.8 Å². The average molecular weight is 839 g/mol. The van der Waals surface area contributed by atoms with Crippen LogP contribution in [0.4, 0.5) is 68.2 Å². The van der Waals surface area contributed by atoms with Gasteiger partial charge in [-0.05, 0) is 146 Å². The molecule has 0 atom stereocenters. The Morgan fingerprint density at radius 2 is 0.484 bits per heavy atom. The van der Waals surface area contributed by atoms with Crippen molar-refractivity contribution in [1.29, 1.82) is 0 Å². The van der Waals surface area contributed by atoms with Crippen LogP contribution in [0, 0.1) is 0 Å². The van der Waals surface area contributed by atoms with Crippen LogP contribution >= 0.6 is 11.8 Å². The van der Waals surface area contributed by atoms with E-state index in [1.165, 1.54) is 0 Å². The maximum absolute atomic E-state index is 14.0. The third kappa shape index (κ3) is 6.48. The number of para-hydroxylation sites is 10. The molecular formula is C54H38N4O2S2. The van der Waals surface area contributed by atoms with Gasteiger partial charge in [0.2, 0.25) is 9.84 Å². The predicted molar refractivity (Wildman–Crippen MR) is 255 cm³/mol. The van der Waals surface area contributed by atoms with Crippen LogP contribution in [-0.4, -0.2) is 8.42 Å². The lowest BCUT2D eigenvalue weighted by Crippen LogP contribution is -2.23. The second-order valence-electron chi connectivity index (χ2n) is 15.0. The first-order valence-electron chi connectivity index (χ1n) is 20.4. The highest BCUT2D eigenvalue weighted by atomic mass is 32.2. The molecule has 11 rings (SSSR count). The zero-order valence-electron chi connectivity index (χ0n) is 33.4. The van der Waals surface area contributed by atoms with Crippen molar-refractivity contribution in [3.63, 3.8) is 0 Å². The van der Waals surface area contributed by atoms with Gasteiger partial charge in [0.15, 0.2) is 0 Å². The monoisotopic (exact) mass is 838 g/mol. The predicted octanol–water partition coefficient (Wildman–Crippen LogP) is 15.2. The Labute approximate surface area is 366 Å². The van der Waals surface area contributed by atoms with Gasteiger partial charge in [0.25, 0.3) is 0 Å². The lowest BCUT2D eigenvalue weighted by molar-refractivity contribution is 0.596. The summed E-state index contributed by atoms with van der Waals surface area (Å²) in [5.41, 5.74) is 12.6. The van der Waals surface area contributed by atoms with Crippen LogP contribution in [0.2, 0.25) is 0 Å². The molecule has 62 heavy (non-hydrogen) atoms. The molecule has 0 N–H and O–H groups in total. The summed E-state index contributed by atoms with van der Waals surface area (Å²) in [6.45, 7) is 0.